The van der Waals surface area contributed by atoms with Crippen molar-refractivity contribution in [3.8, 4) is 11.1 Å². The second kappa shape index (κ2) is 7.95. The van der Waals surface area contributed by atoms with Gasteiger partial charge in [-0.15, -0.1) is 0 Å². The number of carbonyl (C=O) groups excluding carboxylic acids is 1. The van der Waals surface area contributed by atoms with E-state index in [-0.39, 0.29) is 17.6 Å². The van der Waals surface area contributed by atoms with Crippen LogP contribution in [0.15, 0.2) is 42.5 Å². The summed E-state index contributed by atoms with van der Waals surface area (Å²) in [4.78, 5) is 25.7. The van der Waals surface area contributed by atoms with Gasteiger partial charge in [-0.2, -0.15) is 0 Å². The van der Waals surface area contributed by atoms with Gasteiger partial charge in [0, 0.05) is 30.3 Å². The van der Waals surface area contributed by atoms with Crippen LogP contribution in [0.2, 0.25) is 5.02 Å². The zero-order valence-corrected chi connectivity index (χ0v) is 18.1. The van der Waals surface area contributed by atoms with Gasteiger partial charge in [0.2, 0.25) is 0 Å². The average molecular weight is 440 g/mol. The Labute approximate surface area is 187 Å². The van der Waals surface area contributed by atoms with E-state index in [0.717, 1.165) is 49.9 Å². The molecule has 1 saturated carbocycles. The minimum atomic E-state index is -0.980. The fraction of sp³-hybridized carbons (Fsp3) is 0.440. The fourth-order valence-corrected chi connectivity index (χ4v) is 5.59. The SMILES string of the molecule is O=C(O)c1ccc(-c2ccc([C@H]3CC34CCN(C(=O)[C@H]3CCCO3)CC4)cc2)c(Cl)c1. The highest BCUT2D eigenvalue weighted by molar-refractivity contribution is 6.33. The molecule has 0 aromatic heterocycles. The predicted octanol–water partition coefficient (Wildman–Crippen LogP) is 4.98. The number of piperidine rings is 1. The fourth-order valence-electron chi connectivity index (χ4n) is 5.30. The first-order valence-electron chi connectivity index (χ1n) is 11.0. The molecule has 0 unspecified atom stereocenters. The van der Waals surface area contributed by atoms with Gasteiger partial charge in [0.15, 0.2) is 0 Å². The Balaban J connectivity index is 1.23. The molecule has 2 atom stereocenters. The van der Waals surface area contributed by atoms with Crippen molar-refractivity contribution in [2.45, 2.75) is 44.1 Å². The number of carboxylic acids is 1. The summed E-state index contributed by atoms with van der Waals surface area (Å²) < 4.78 is 5.57. The number of halogens is 1. The molecule has 3 fully saturated rings. The molecule has 5 rings (SSSR count). The number of nitrogens with zero attached hydrogens (tertiary/aromatic N) is 1. The molecule has 2 aliphatic heterocycles. The van der Waals surface area contributed by atoms with Crippen molar-refractivity contribution in [3.05, 3.63) is 58.6 Å². The third-order valence-corrected chi connectivity index (χ3v) is 7.62. The number of amides is 1. The summed E-state index contributed by atoms with van der Waals surface area (Å²) >= 11 is 6.32. The number of likely N-dealkylation sites (tertiary alicyclic amines) is 1. The standard InChI is InChI=1S/C25H26ClNO4/c26-21-14-18(24(29)30)7-8-19(21)16-3-5-17(6-4-16)20-15-25(20)9-11-27(12-10-25)23(28)22-2-1-13-31-22/h3-8,14,20,22H,1-2,9-13,15H2,(H,29,30)/t20-,22-/m1/s1. The lowest BCUT2D eigenvalue weighted by Gasteiger charge is -2.34. The molecule has 1 aliphatic carbocycles. The molecule has 1 N–H and O–H groups in total. The minimum Gasteiger partial charge on any atom is -0.478 e. The van der Waals surface area contributed by atoms with Crippen molar-refractivity contribution < 1.29 is 19.4 Å². The summed E-state index contributed by atoms with van der Waals surface area (Å²) in [5, 5.41) is 9.55. The molecular formula is C25H26ClNO4. The molecule has 5 nitrogen and oxygen atoms in total. The molecule has 1 amide bonds. The molecule has 31 heavy (non-hydrogen) atoms. The summed E-state index contributed by atoms with van der Waals surface area (Å²) in [6.45, 7) is 2.37. The van der Waals surface area contributed by atoms with Gasteiger partial charge >= 0.3 is 5.97 Å². The van der Waals surface area contributed by atoms with Crippen LogP contribution in [0.1, 0.15) is 53.9 Å². The minimum absolute atomic E-state index is 0.180. The third-order valence-electron chi connectivity index (χ3n) is 7.31. The summed E-state index contributed by atoms with van der Waals surface area (Å²) in [6.07, 6.45) is 4.93. The van der Waals surface area contributed by atoms with E-state index >= 15 is 0 Å². The van der Waals surface area contributed by atoms with Crippen molar-refractivity contribution in [2.24, 2.45) is 5.41 Å². The zero-order valence-electron chi connectivity index (χ0n) is 17.4. The van der Waals surface area contributed by atoms with Gasteiger partial charge in [-0.25, -0.2) is 4.79 Å². The number of hydrogen-bond donors (Lipinski definition) is 1. The predicted molar refractivity (Wildman–Crippen MR) is 118 cm³/mol. The Morgan fingerprint density at radius 3 is 2.45 bits per heavy atom. The van der Waals surface area contributed by atoms with E-state index in [2.05, 4.69) is 24.3 Å². The van der Waals surface area contributed by atoms with Crippen molar-refractivity contribution in [3.63, 3.8) is 0 Å². The number of benzene rings is 2. The van der Waals surface area contributed by atoms with Crippen LogP contribution in [-0.2, 0) is 9.53 Å². The topological polar surface area (TPSA) is 66.8 Å². The van der Waals surface area contributed by atoms with E-state index in [1.54, 1.807) is 12.1 Å². The number of aromatic carboxylic acids is 1. The molecule has 0 radical (unpaired) electrons. The molecular weight excluding hydrogens is 414 g/mol. The van der Waals surface area contributed by atoms with Crippen LogP contribution >= 0.6 is 11.6 Å². The summed E-state index contributed by atoms with van der Waals surface area (Å²) in [7, 11) is 0. The highest BCUT2D eigenvalue weighted by Crippen LogP contribution is 2.65. The first kappa shape index (κ1) is 20.5. The molecule has 3 aliphatic rings. The number of hydrogen-bond acceptors (Lipinski definition) is 3. The lowest BCUT2D eigenvalue weighted by molar-refractivity contribution is -0.142. The quantitative estimate of drug-likeness (QED) is 0.729. The molecule has 2 heterocycles. The van der Waals surface area contributed by atoms with Crippen LogP contribution in [0.4, 0.5) is 0 Å². The van der Waals surface area contributed by atoms with Crippen LogP contribution in [0.5, 0.6) is 0 Å². The van der Waals surface area contributed by atoms with Gasteiger partial charge in [0.1, 0.15) is 6.10 Å². The first-order valence-corrected chi connectivity index (χ1v) is 11.4. The smallest absolute Gasteiger partial charge is 0.335 e. The zero-order chi connectivity index (χ0) is 21.6. The van der Waals surface area contributed by atoms with Crippen LogP contribution < -0.4 is 0 Å². The monoisotopic (exact) mass is 439 g/mol. The molecule has 2 aromatic rings. The number of rotatable bonds is 4. The van der Waals surface area contributed by atoms with E-state index in [0.29, 0.717) is 23.0 Å². The molecule has 0 bridgehead atoms. The van der Waals surface area contributed by atoms with Crippen molar-refractivity contribution >= 4 is 23.5 Å². The van der Waals surface area contributed by atoms with Crippen LogP contribution in [0.3, 0.4) is 0 Å². The number of carboxylic acid groups (broad SMARTS) is 1. The maximum atomic E-state index is 12.6. The van der Waals surface area contributed by atoms with Crippen LogP contribution in [0.25, 0.3) is 11.1 Å². The van der Waals surface area contributed by atoms with Crippen LogP contribution in [0, 0.1) is 5.41 Å². The van der Waals surface area contributed by atoms with E-state index in [4.69, 9.17) is 21.4 Å². The van der Waals surface area contributed by atoms with Gasteiger partial charge < -0.3 is 14.7 Å². The molecule has 6 heteroatoms. The lowest BCUT2D eigenvalue weighted by Crippen LogP contribution is -2.44. The Morgan fingerprint density at radius 2 is 1.84 bits per heavy atom. The second-order valence-corrected chi connectivity index (χ2v) is 9.48. The Hall–Kier alpha value is -2.37. The van der Waals surface area contributed by atoms with E-state index in [1.165, 1.54) is 18.1 Å². The van der Waals surface area contributed by atoms with E-state index in [1.807, 2.05) is 4.90 Å². The van der Waals surface area contributed by atoms with Crippen molar-refractivity contribution in [1.82, 2.24) is 4.90 Å². The summed E-state index contributed by atoms with van der Waals surface area (Å²) in [5.74, 6) is -0.252. The summed E-state index contributed by atoms with van der Waals surface area (Å²) in [6, 6.07) is 13.3. The highest BCUT2D eigenvalue weighted by Gasteiger charge is 2.55. The Kier molecular flexibility index (Phi) is 5.27. The molecule has 2 saturated heterocycles. The van der Waals surface area contributed by atoms with Gasteiger partial charge in [-0.3, -0.25) is 4.79 Å². The largest absolute Gasteiger partial charge is 0.478 e. The highest BCUT2D eigenvalue weighted by atomic mass is 35.5. The molecule has 1 spiro atoms. The van der Waals surface area contributed by atoms with Gasteiger partial charge in [-0.05, 0) is 66.7 Å². The van der Waals surface area contributed by atoms with Crippen LogP contribution in [-0.4, -0.2) is 47.7 Å². The number of carbonyl (C=O) groups is 2. The van der Waals surface area contributed by atoms with Crippen molar-refractivity contribution in [2.75, 3.05) is 19.7 Å². The Bertz CT molecular complexity index is 1000. The van der Waals surface area contributed by atoms with Crippen molar-refractivity contribution in [1.29, 1.82) is 0 Å². The normalized spacial score (nSPS) is 24.4. The lowest BCUT2D eigenvalue weighted by atomic mass is 9.88. The van der Waals surface area contributed by atoms with E-state index < -0.39 is 5.97 Å². The maximum Gasteiger partial charge on any atom is 0.335 e. The first-order chi connectivity index (χ1) is 15.0. The Morgan fingerprint density at radius 1 is 1.10 bits per heavy atom. The summed E-state index contributed by atoms with van der Waals surface area (Å²) in [5.41, 5.74) is 3.67. The third kappa shape index (κ3) is 3.85. The number of ether oxygens (including phenoxy) is 1. The second-order valence-electron chi connectivity index (χ2n) is 9.07. The van der Waals surface area contributed by atoms with E-state index in [9.17, 15) is 9.59 Å². The maximum absolute atomic E-state index is 12.6. The van der Waals surface area contributed by atoms with Gasteiger partial charge in [-0.1, -0.05) is 41.9 Å². The van der Waals surface area contributed by atoms with Gasteiger partial charge in [0.25, 0.3) is 5.91 Å². The molecule has 2 aromatic carbocycles. The molecule has 162 valence electrons. The average Bonchev–Trinajstić information content (AvgIpc) is 3.20. The van der Waals surface area contributed by atoms with Gasteiger partial charge in [0.05, 0.1) is 5.56 Å².